The smallest absolute Gasteiger partial charge is 0.165 e. The summed E-state index contributed by atoms with van der Waals surface area (Å²) in [6, 6.07) is 6.50. The maximum Gasteiger partial charge on any atom is 0.425 e. The van der Waals surface area contributed by atoms with Gasteiger partial charge in [-0.05, 0) is 22.9 Å². The molecular formula is C11H9F3S2. The van der Waals surface area contributed by atoms with Gasteiger partial charge >= 0.3 is 6.18 Å². The summed E-state index contributed by atoms with van der Waals surface area (Å²) in [5.74, 6) is 0. The topological polar surface area (TPSA) is 0 Å². The minimum Gasteiger partial charge on any atom is -0.165 e. The van der Waals surface area contributed by atoms with Crippen LogP contribution in [-0.4, -0.2) is 0 Å². The first-order valence-corrected chi connectivity index (χ1v) is 6.06. The second-order valence-corrected chi connectivity index (χ2v) is 4.62. The van der Waals surface area contributed by atoms with E-state index in [1.807, 2.05) is 23.6 Å². The van der Waals surface area contributed by atoms with Gasteiger partial charge in [-0.25, -0.2) is 0 Å². The summed E-state index contributed by atoms with van der Waals surface area (Å²) in [4.78, 5) is 0.697. The van der Waals surface area contributed by atoms with E-state index in [0.29, 0.717) is 11.3 Å². The number of thiophene rings is 2. The Bertz CT molecular complexity index is 399. The van der Waals surface area contributed by atoms with Gasteiger partial charge in [0.2, 0.25) is 0 Å². The molecule has 0 nitrogen and oxygen atoms in total. The highest BCUT2D eigenvalue weighted by Crippen LogP contribution is 2.32. The van der Waals surface area contributed by atoms with Gasteiger partial charge in [-0.3, -0.25) is 0 Å². The number of alkyl halides is 3. The molecular weight excluding hydrogens is 253 g/mol. The fourth-order valence-corrected chi connectivity index (χ4v) is 2.01. The van der Waals surface area contributed by atoms with Gasteiger partial charge in [0.1, 0.15) is 4.88 Å². The maximum absolute atomic E-state index is 11.6. The van der Waals surface area contributed by atoms with Crippen LogP contribution < -0.4 is 0 Å². The van der Waals surface area contributed by atoms with E-state index in [-0.39, 0.29) is 0 Å². The van der Waals surface area contributed by atoms with E-state index in [9.17, 15) is 13.2 Å². The van der Waals surface area contributed by atoms with Crippen molar-refractivity contribution < 1.29 is 13.2 Å². The van der Waals surface area contributed by atoms with Gasteiger partial charge in [0, 0.05) is 4.88 Å². The Balaban J connectivity index is 0.000000165. The van der Waals surface area contributed by atoms with Crippen molar-refractivity contribution in [1.82, 2.24) is 0 Å². The third kappa shape index (κ3) is 4.20. The monoisotopic (exact) mass is 262 g/mol. The maximum atomic E-state index is 11.6. The Labute approximate surface area is 99.7 Å². The SMILES string of the molecule is C=Cc1cccs1.FC(F)(F)c1cccs1. The number of hydrogen-bond donors (Lipinski definition) is 0. The summed E-state index contributed by atoms with van der Waals surface area (Å²) < 4.78 is 34.9. The van der Waals surface area contributed by atoms with Gasteiger partial charge in [-0.1, -0.05) is 24.8 Å². The summed E-state index contributed by atoms with van der Waals surface area (Å²) >= 11 is 2.41. The Kier molecular flexibility index (Phi) is 4.76. The van der Waals surface area contributed by atoms with Crippen LogP contribution in [0.5, 0.6) is 0 Å². The van der Waals surface area contributed by atoms with Gasteiger partial charge in [0.25, 0.3) is 0 Å². The first-order valence-electron chi connectivity index (χ1n) is 4.30. The molecule has 2 aromatic rings. The molecule has 0 aromatic carbocycles. The minimum absolute atomic E-state index is 0.539. The Hall–Kier alpha value is -1.07. The molecule has 0 fully saturated rings. The molecule has 0 saturated carbocycles. The Morgan fingerprint density at radius 1 is 1.06 bits per heavy atom. The predicted molar refractivity (Wildman–Crippen MR) is 63.7 cm³/mol. The van der Waals surface area contributed by atoms with Gasteiger partial charge in [0.15, 0.2) is 0 Å². The molecule has 0 aliphatic rings. The average molecular weight is 262 g/mol. The Morgan fingerprint density at radius 3 is 1.94 bits per heavy atom. The standard InChI is InChI=1S/C6H6S.C5H3F3S/c1-2-6-4-3-5-7-6;6-5(7,8)4-2-1-3-9-4/h2-5H,1H2;1-3H. The van der Waals surface area contributed by atoms with E-state index in [0.717, 1.165) is 6.07 Å². The normalized spacial score (nSPS) is 10.4. The summed E-state index contributed by atoms with van der Waals surface area (Å²) in [5, 5.41) is 3.44. The van der Waals surface area contributed by atoms with Crippen molar-refractivity contribution in [3.63, 3.8) is 0 Å². The van der Waals surface area contributed by atoms with Crippen LogP contribution in [0.4, 0.5) is 13.2 Å². The zero-order chi connectivity index (χ0) is 12.0. The highest BCUT2D eigenvalue weighted by molar-refractivity contribution is 7.10. The van der Waals surface area contributed by atoms with Gasteiger partial charge < -0.3 is 0 Å². The predicted octanol–water partition coefficient (Wildman–Crippen LogP) is 5.16. The van der Waals surface area contributed by atoms with Crippen LogP contribution in [0.2, 0.25) is 0 Å². The van der Waals surface area contributed by atoms with Crippen LogP contribution in [-0.2, 0) is 6.18 Å². The zero-order valence-electron chi connectivity index (χ0n) is 8.20. The van der Waals surface area contributed by atoms with Crippen LogP contribution in [0.1, 0.15) is 9.75 Å². The molecule has 0 saturated heterocycles. The summed E-state index contributed by atoms with van der Waals surface area (Å²) in [7, 11) is 0. The lowest BCUT2D eigenvalue weighted by atomic mass is 10.5. The number of hydrogen-bond acceptors (Lipinski definition) is 2. The van der Waals surface area contributed by atoms with Crippen molar-refractivity contribution in [3.8, 4) is 0 Å². The highest BCUT2D eigenvalue weighted by Gasteiger charge is 2.31. The summed E-state index contributed by atoms with van der Waals surface area (Å²) in [6.07, 6.45) is -2.31. The molecule has 86 valence electrons. The van der Waals surface area contributed by atoms with E-state index in [4.69, 9.17) is 0 Å². The Morgan fingerprint density at radius 2 is 1.69 bits per heavy atom. The molecule has 0 spiro atoms. The van der Waals surface area contributed by atoms with Crippen LogP contribution >= 0.6 is 22.7 Å². The van der Waals surface area contributed by atoms with Crippen molar-refractivity contribution in [2.75, 3.05) is 0 Å². The van der Waals surface area contributed by atoms with E-state index in [1.54, 1.807) is 11.3 Å². The van der Waals surface area contributed by atoms with Crippen LogP contribution in [0.3, 0.4) is 0 Å². The van der Waals surface area contributed by atoms with Gasteiger partial charge in [-0.15, -0.1) is 22.7 Å². The fourth-order valence-electron chi connectivity index (χ4n) is 0.847. The average Bonchev–Trinajstić information content (AvgIpc) is 2.91. The summed E-state index contributed by atoms with van der Waals surface area (Å²) in [6.45, 7) is 3.61. The molecule has 0 bridgehead atoms. The summed E-state index contributed by atoms with van der Waals surface area (Å²) in [5.41, 5.74) is 0. The third-order valence-corrected chi connectivity index (χ3v) is 3.33. The van der Waals surface area contributed by atoms with Crippen LogP contribution in [0.15, 0.2) is 41.6 Å². The lowest BCUT2D eigenvalue weighted by Gasteiger charge is -1.99. The second kappa shape index (κ2) is 5.86. The van der Waals surface area contributed by atoms with Crippen molar-refractivity contribution in [1.29, 1.82) is 0 Å². The van der Waals surface area contributed by atoms with Gasteiger partial charge in [-0.2, -0.15) is 13.2 Å². The second-order valence-electron chi connectivity index (χ2n) is 2.69. The van der Waals surface area contributed by atoms with E-state index >= 15 is 0 Å². The van der Waals surface area contributed by atoms with Crippen LogP contribution in [0, 0.1) is 0 Å². The first-order chi connectivity index (χ1) is 7.54. The molecule has 16 heavy (non-hydrogen) atoms. The fraction of sp³-hybridized carbons (Fsp3) is 0.0909. The molecule has 0 aliphatic heterocycles. The van der Waals surface area contributed by atoms with E-state index in [2.05, 4.69) is 6.58 Å². The lowest BCUT2D eigenvalue weighted by Crippen LogP contribution is -2.00. The highest BCUT2D eigenvalue weighted by atomic mass is 32.1. The van der Waals surface area contributed by atoms with Gasteiger partial charge in [0.05, 0.1) is 0 Å². The lowest BCUT2D eigenvalue weighted by molar-refractivity contribution is -0.134. The van der Waals surface area contributed by atoms with Crippen molar-refractivity contribution in [2.24, 2.45) is 0 Å². The van der Waals surface area contributed by atoms with E-state index < -0.39 is 11.1 Å². The quantitative estimate of drug-likeness (QED) is 0.666. The molecule has 0 aliphatic carbocycles. The largest absolute Gasteiger partial charge is 0.425 e. The van der Waals surface area contributed by atoms with Crippen LogP contribution in [0.25, 0.3) is 6.08 Å². The number of halogens is 3. The molecule has 2 aromatic heterocycles. The molecule has 2 rings (SSSR count). The molecule has 0 radical (unpaired) electrons. The van der Waals surface area contributed by atoms with E-state index in [1.165, 1.54) is 16.3 Å². The minimum atomic E-state index is -4.16. The zero-order valence-corrected chi connectivity index (χ0v) is 9.83. The molecule has 0 atom stereocenters. The molecule has 5 heteroatoms. The molecule has 0 unspecified atom stereocenters. The van der Waals surface area contributed by atoms with Crippen molar-refractivity contribution in [2.45, 2.75) is 6.18 Å². The molecule has 2 heterocycles. The molecule has 0 N–H and O–H groups in total. The number of rotatable bonds is 1. The third-order valence-electron chi connectivity index (χ3n) is 1.54. The van der Waals surface area contributed by atoms with Crippen molar-refractivity contribution >= 4 is 28.7 Å². The first kappa shape index (κ1) is 13.0. The molecule has 0 amide bonds. The van der Waals surface area contributed by atoms with Crippen molar-refractivity contribution in [3.05, 3.63) is 51.4 Å².